The number of anilines is 3. The van der Waals surface area contributed by atoms with E-state index in [0.29, 0.717) is 12.8 Å². The van der Waals surface area contributed by atoms with Gasteiger partial charge in [0.15, 0.2) is 5.82 Å². The molecule has 2 aromatic heterocycles. The van der Waals surface area contributed by atoms with E-state index >= 15 is 4.39 Å². The Morgan fingerprint density at radius 2 is 1.86 bits per heavy atom. The van der Waals surface area contributed by atoms with Crippen molar-refractivity contribution in [3.63, 3.8) is 0 Å². The summed E-state index contributed by atoms with van der Waals surface area (Å²) in [5, 5.41) is 6.07. The van der Waals surface area contributed by atoms with Crippen LogP contribution in [0, 0.1) is 5.82 Å². The third-order valence-electron chi connectivity index (χ3n) is 5.17. The molecule has 10 heteroatoms. The van der Waals surface area contributed by atoms with Crippen LogP contribution in [0.15, 0.2) is 24.4 Å². The van der Waals surface area contributed by atoms with Crippen LogP contribution in [0.3, 0.4) is 0 Å². The average Bonchev–Trinajstić information content (AvgIpc) is 2.68. The zero-order chi connectivity index (χ0) is 20.6. The number of hydrogen-bond donors (Lipinski definition) is 2. The summed E-state index contributed by atoms with van der Waals surface area (Å²) in [5.74, 6) is -3.07. The largest absolute Gasteiger partial charge is 0.357 e. The molecule has 0 bridgehead atoms. The third-order valence-corrected chi connectivity index (χ3v) is 5.17. The van der Waals surface area contributed by atoms with E-state index in [9.17, 15) is 17.6 Å². The Morgan fingerprint density at radius 3 is 2.45 bits per heavy atom. The van der Waals surface area contributed by atoms with Crippen molar-refractivity contribution >= 4 is 17.3 Å². The standard InChI is InChI=1S/C19H20F5N5/c20-16-13(29-9-19(23,24)10-29)7-15(28-17(16)11-3-5-25-6-4-11)27-14-2-1-12(8-26-14)18(21)22/h1-2,7-8,11,18,25H,3-6,9-10H2,(H,26,27,28). The molecule has 0 aromatic carbocycles. The normalized spacial score (nSPS) is 19.3. The van der Waals surface area contributed by atoms with Crippen LogP contribution in [0.5, 0.6) is 0 Å². The summed E-state index contributed by atoms with van der Waals surface area (Å²) >= 11 is 0. The van der Waals surface area contributed by atoms with E-state index in [1.165, 1.54) is 23.1 Å². The van der Waals surface area contributed by atoms with E-state index in [1.807, 2.05) is 0 Å². The van der Waals surface area contributed by atoms with Gasteiger partial charge in [-0.05, 0) is 38.1 Å². The van der Waals surface area contributed by atoms with Gasteiger partial charge in [0.1, 0.15) is 11.6 Å². The topological polar surface area (TPSA) is 53.1 Å². The Balaban J connectivity index is 1.65. The lowest BCUT2D eigenvalue weighted by Crippen LogP contribution is -2.56. The maximum Gasteiger partial charge on any atom is 0.282 e. The summed E-state index contributed by atoms with van der Waals surface area (Å²) in [6, 6.07) is 3.96. The molecule has 0 atom stereocenters. The number of rotatable bonds is 5. The van der Waals surface area contributed by atoms with Gasteiger partial charge in [0, 0.05) is 23.7 Å². The lowest BCUT2D eigenvalue weighted by atomic mass is 9.93. The van der Waals surface area contributed by atoms with Crippen molar-refractivity contribution in [2.24, 2.45) is 0 Å². The first-order valence-electron chi connectivity index (χ1n) is 9.37. The molecule has 2 aliphatic rings. The van der Waals surface area contributed by atoms with E-state index in [1.54, 1.807) is 0 Å². The minimum Gasteiger partial charge on any atom is -0.357 e. The van der Waals surface area contributed by atoms with Gasteiger partial charge in [0.2, 0.25) is 0 Å². The summed E-state index contributed by atoms with van der Waals surface area (Å²) in [6.45, 7) is 0.329. The van der Waals surface area contributed by atoms with Crippen molar-refractivity contribution in [3.05, 3.63) is 41.5 Å². The molecule has 5 nitrogen and oxygen atoms in total. The molecule has 0 radical (unpaired) electrons. The van der Waals surface area contributed by atoms with Crippen molar-refractivity contribution in [2.45, 2.75) is 31.1 Å². The van der Waals surface area contributed by atoms with E-state index in [-0.39, 0.29) is 34.5 Å². The maximum absolute atomic E-state index is 15.1. The maximum atomic E-state index is 15.1. The molecule has 4 heterocycles. The van der Waals surface area contributed by atoms with Crippen LogP contribution in [0.4, 0.5) is 39.3 Å². The monoisotopic (exact) mass is 413 g/mol. The molecule has 4 rings (SSSR count). The van der Waals surface area contributed by atoms with Crippen LogP contribution < -0.4 is 15.5 Å². The Hall–Kier alpha value is -2.49. The molecule has 2 saturated heterocycles. The van der Waals surface area contributed by atoms with Crippen molar-refractivity contribution in [1.29, 1.82) is 0 Å². The van der Waals surface area contributed by atoms with Crippen LogP contribution in [0.25, 0.3) is 0 Å². The first-order valence-corrected chi connectivity index (χ1v) is 9.37. The lowest BCUT2D eigenvalue weighted by Gasteiger charge is -2.41. The van der Waals surface area contributed by atoms with Crippen LogP contribution in [-0.4, -0.2) is 42.1 Å². The molecule has 29 heavy (non-hydrogen) atoms. The van der Waals surface area contributed by atoms with Gasteiger partial charge in [-0.1, -0.05) is 0 Å². The van der Waals surface area contributed by atoms with Gasteiger partial charge in [-0.15, -0.1) is 0 Å². The molecule has 2 N–H and O–H groups in total. The second-order valence-electron chi connectivity index (χ2n) is 7.36. The van der Waals surface area contributed by atoms with Gasteiger partial charge >= 0.3 is 0 Å². The zero-order valence-corrected chi connectivity index (χ0v) is 15.4. The summed E-state index contributed by atoms with van der Waals surface area (Å²) < 4.78 is 67.2. The number of nitrogens with one attached hydrogen (secondary N) is 2. The Kier molecular flexibility index (Phi) is 5.28. The number of halogens is 5. The van der Waals surface area contributed by atoms with Crippen LogP contribution >= 0.6 is 0 Å². The molecule has 2 fully saturated rings. The van der Waals surface area contributed by atoms with Crippen LogP contribution in [0.1, 0.15) is 36.4 Å². The predicted octanol–water partition coefficient (Wildman–Crippen LogP) is 4.22. The van der Waals surface area contributed by atoms with Crippen LogP contribution in [-0.2, 0) is 0 Å². The van der Waals surface area contributed by atoms with Crippen molar-refractivity contribution in [2.75, 3.05) is 36.4 Å². The van der Waals surface area contributed by atoms with Gasteiger partial charge in [0.05, 0.1) is 24.5 Å². The molecular weight excluding hydrogens is 393 g/mol. The van der Waals surface area contributed by atoms with Crippen molar-refractivity contribution < 1.29 is 22.0 Å². The van der Waals surface area contributed by atoms with Crippen molar-refractivity contribution in [1.82, 2.24) is 15.3 Å². The van der Waals surface area contributed by atoms with Crippen LogP contribution in [0.2, 0.25) is 0 Å². The lowest BCUT2D eigenvalue weighted by molar-refractivity contribution is -0.0266. The fraction of sp³-hybridized carbons (Fsp3) is 0.474. The zero-order valence-electron chi connectivity index (χ0n) is 15.4. The van der Waals surface area contributed by atoms with E-state index in [0.717, 1.165) is 19.3 Å². The first kappa shape index (κ1) is 19.8. The van der Waals surface area contributed by atoms with E-state index < -0.39 is 31.3 Å². The highest BCUT2D eigenvalue weighted by Crippen LogP contribution is 2.38. The van der Waals surface area contributed by atoms with Gasteiger partial charge in [-0.25, -0.2) is 31.9 Å². The quantitative estimate of drug-likeness (QED) is 0.719. The smallest absolute Gasteiger partial charge is 0.282 e. The molecule has 0 amide bonds. The molecule has 2 aliphatic heterocycles. The Morgan fingerprint density at radius 1 is 1.14 bits per heavy atom. The highest BCUT2D eigenvalue weighted by atomic mass is 19.3. The molecule has 0 aliphatic carbocycles. The summed E-state index contributed by atoms with van der Waals surface area (Å²) in [7, 11) is 0. The predicted molar refractivity (Wildman–Crippen MR) is 98.7 cm³/mol. The summed E-state index contributed by atoms with van der Waals surface area (Å²) in [6.07, 6.45) is -0.220. The highest BCUT2D eigenvalue weighted by molar-refractivity contribution is 5.63. The molecule has 0 unspecified atom stereocenters. The Labute approximate surface area is 164 Å². The minimum absolute atomic E-state index is 0.0613. The average molecular weight is 413 g/mol. The molecule has 0 saturated carbocycles. The van der Waals surface area contributed by atoms with E-state index in [4.69, 9.17) is 0 Å². The van der Waals surface area contributed by atoms with Gasteiger partial charge < -0.3 is 15.5 Å². The number of nitrogens with zero attached hydrogens (tertiary/aromatic N) is 3. The molecule has 2 aromatic rings. The number of aromatic nitrogens is 2. The third kappa shape index (κ3) is 4.26. The molecular formula is C19H20F5N5. The second-order valence-corrected chi connectivity index (χ2v) is 7.36. The molecule has 0 spiro atoms. The Bertz CT molecular complexity index is 860. The van der Waals surface area contributed by atoms with Crippen molar-refractivity contribution in [3.8, 4) is 0 Å². The van der Waals surface area contributed by atoms with Gasteiger partial charge in [-0.2, -0.15) is 0 Å². The fourth-order valence-corrected chi connectivity index (χ4v) is 3.62. The molecule has 156 valence electrons. The fourth-order valence-electron chi connectivity index (χ4n) is 3.62. The van der Waals surface area contributed by atoms with Gasteiger partial charge in [-0.3, -0.25) is 0 Å². The second kappa shape index (κ2) is 7.74. The SMILES string of the molecule is Fc1c(N2CC(F)(F)C2)cc(Nc2ccc(C(F)F)cn2)nc1C1CCNCC1. The number of piperidine rings is 1. The number of hydrogen-bond acceptors (Lipinski definition) is 5. The highest BCUT2D eigenvalue weighted by Gasteiger charge is 2.45. The van der Waals surface area contributed by atoms with E-state index in [2.05, 4.69) is 20.6 Å². The van der Waals surface area contributed by atoms with Gasteiger partial charge in [0.25, 0.3) is 12.3 Å². The summed E-state index contributed by atoms with van der Waals surface area (Å²) in [4.78, 5) is 9.57. The summed E-state index contributed by atoms with van der Waals surface area (Å²) in [5.41, 5.74) is 0.0681. The number of pyridine rings is 2. The number of alkyl halides is 4. The first-order chi connectivity index (χ1) is 13.8. The minimum atomic E-state index is -2.84.